The standard InChI is InChI=1S/C10H4N2O3/c13-5-11-8-2-1-7-3-10(12-6-14)15-9(7)4-8/h1-4H. The number of benzene rings is 1. The molecular weight excluding hydrogens is 196 g/mol. The number of isocyanates is 2. The molecule has 0 atom stereocenters. The van der Waals surface area contributed by atoms with Gasteiger partial charge in [0.2, 0.25) is 18.0 Å². The Kier molecular flexibility index (Phi) is 2.25. The largest absolute Gasteiger partial charge is 0.438 e. The summed E-state index contributed by atoms with van der Waals surface area (Å²) in [5.41, 5.74) is 0.939. The van der Waals surface area contributed by atoms with E-state index in [-0.39, 0.29) is 5.88 Å². The molecule has 0 bridgehead atoms. The van der Waals surface area contributed by atoms with Crippen molar-refractivity contribution in [1.82, 2.24) is 0 Å². The van der Waals surface area contributed by atoms with Crippen molar-refractivity contribution in [3.05, 3.63) is 24.3 Å². The summed E-state index contributed by atoms with van der Waals surface area (Å²) in [6, 6.07) is 6.49. The Morgan fingerprint density at radius 2 is 1.87 bits per heavy atom. The van der Waals surface area contributed by atoms with Gasteiger partial charge in [-0.3, -0.25) is 0 Å². The molecule has 5 nitrogen and oxygen atoms in total. The number of fused-ring (bicyclic) bond motifs is 1. The van der Waals surface area contributed by atoms with Gasteiger partial charge in [0, 0.05) is 17.5 Å². The summed E-state index contributed by atoms with van der Waals surface area (Å²) in [5.74, 6) is 0.173. The lowest BCUT2D eigenvalue weighted by atomic mass is 10.2. The van der Waals surface area contributed by atoms with Gasteiger partial charge in [-0.15, -0.1) is 4.99 Å². The first-order valence-electron chi connectivity index (χ1n) is 4.03. The Hall–Kier alpha value is -2.48. The highest BCUT2D eigenvalue weighted by molar-refractivity contribution is 5.83. The molecule has 0 aliphatic rings. The van der Waals surface area contributed by atoms with E-state index >= 15 is 0 Å². The molecule has 2 rings (SSSR count). The molecule has 1 aromatic carbocycles. The number of hydrogen-bond acceptors (Lipinski definition) is 5. The van der Waals surface area contributed by atoms with E-state index in [9.17, 15) is 9.59 Å². The van der Waals surface area contributed by atoms with Crippen LogP contribution >= 0.6 is 0 Å². The molecule has 0 radical (unpaired) electrons. The Morgan fingerprint density at radius 3 is 2.60 bits per heavy atom. The molecule has 15 heavy (non-hydrogen) atoms. The van der Waals surface area contributed by atoms with E-state index in [4.69, 9.17) is 4.42 Å². The van der Waals surface area contributed by atoms with Crippen molar-refractivity contribution in [2.75, 3.05) is 0 Å². The van der Waals surface area contributed by atoms with E-state index in [1.165, 1.54) is 12.2 Å². The van der Waals surface area contributed by atoms with Crippen molar-refractivity contribution in [3.8, 4) is 0 Å². The van der Waals surface area contributed by atoms with Crippen molar-refractivity contribution >= 4 is 34.7 Å². The van der Waals surface area contributed by atoms with Crippen LogP contribution in [-0.2, 0) is 9.59 Å². The average molecular weight is 200 g/mol. The minimum Gasteiger partial charge on any atom is -0.438 e. The molecule has 0 aliphatic carbocycles. The zero-order valence-corrected chi connectivity index (χ0v) is 7.43. The molecule has 72 valence electrons. The van der Waals surface area contributed by atoms with Crippen LogP contribution in [-0.4, -0.2) is 12.2 Å². The normalized spacial score (nSPS) is 9.33. The number of carbonyl (C=O) groups excluding carboxylic acids is 2. The van der Waals surface area contributed by atoms with Gasteiger partial charge in [0.15, 0.2) is 0 Å². The Morgan fingerprint density at radius 1 is 1.07 bits per heavy atom. The van der Waals surface area contributed by atoms with Gasteiger partial charge in [0.25, 0.3) is 0 Å². The molecule has 0 spiro atoms. The quantitative estimate of drug-likeness (QED) is 0.551. The van der Waals surface area contributed by atoms with Crippen LogP contribution in [0.2, 0.25) is 0 Å². The van der Waals surface area contributed by atoms with Crippen LogP contribution in [0.25, 0.3) is 11.0 Å². The summed E-state index contributed by atoms with van der Waals surface area (Å²) in [6.45, 7) is 0. The number of rotatable bonds is 2. The lowest BCUT2D eigenvalue weighted by Crippen LogP contribution is -1.64. The van der Waals surface area contributed by atoms with E-state index in [1.54, 1.807) is 24.3 Å². The van der Waals surface area contributed by atoms with E-state index in [0.717, 1.165) is 5.39 Å². The Balaban J connectivity index is 2.61. The maximum atomic E-state index is 10.0. The highest BCUT2D eigenvalue weighted by atomic mass is 16.3. The number of nitrogens with zero attached hydrogens (tertiary/aromatic N) is 2. The van der Waals surface area contributed by atoms with Crippen LogP contribution in [0.1, 0.15) is 0 Å². The third kappa shape index (κ3) is 1.74. The van der Waals surface area contributed by atoms with Gasteiger partial charge in [-0.05, 0) is 12.1 Å². The highest BCUT2D eigenvalue weighted by Gasteiger charge is 2.03. The first-order chi connectivity index (χ1) is 7.33. The first-order valence-corrected chi connectivity index (χ1v) is 4.03. The molecule has 2 aromatic rings. The topological polar surface area (TPSA) is 72.0 Å². The minimum atomic E-state index is 0.173. The first kappa shape index (κ1) is 9.09. The smallest absolute Gasteiger partial charge is 0.243 e. The van der Waals surface area contributed by atoms with Crippen molar-refractivity contribution in [2.45, 2.75) is 0 Å². The molecule has 0 unspecified atom stereocenters. The zero-order valence-electron chi connectivity index (χ0n) is 7.43. The molecule has 0 amide bonds. The molecule has 0 saturated carbocycles. The van der Waals surface area contributed by atoms with Crippen molar-refractivity contribution in [1.29, 1.82) is 0 Å². The van der Waals surface area contributed by atoms with E-state index in [0.29, 0.717) is 11.3 Å². The lowest BCUT2D eigenvalue weighted by molar-refractivity contribution is 0.561. The number of furan rings is 1. The second-order valence-corrected chi connectivity index (χ2v) is 2.71. The maximum Gasteiger partial charge on any atom is 0.243 e. The Bertz CT molecular complexity index is 586. The predicted molar refractivity (Wildman–Crippen MR) is 51.8 cm³/mol. The van der Waals surface area contributed by atoms with Gasteiger partial charge in [-0.1, -0.05) is 0 Å². The second kappa shape index (κ2) is 3.72. The zero-order chi connectivity index (χ0) is 10.7. The monoisotopic (exact) mass is 200 g/mol. The maximum absolute atomic E-state index is 10.0. The van der Waals surface area contributed by atoms with Crippen LogP contribution in [0.15, 0.2) is 38.7 Å². The van der Waals surface area contributed by atoms with Gasteiger partial charge in [0.05, 0.1) is 5.69 Å². The van der Waals surface area contributed by atoms with Gasteiger partial charge >= 0.3 is 0 Å². The predicted octanol–water partition coefficient (Wildman–Crippen LogP) is 2.37. The Labute approximate surface area is 83.8 Å². The third-order valence-corrected chi connectivity index (χ3v) is 1.82. The fourth-order valence-electron chi connectivity index (χ4n) is 1.23. The van der Waals surface area contributed by atoms with Crippen LogP contribution < -0.4 is 0 Å². The fraction of sp³-hybridized carbons (Fsp3) is 0. The van der Waals surface area contributed by atoms with Gasteiger partial charge in [-0.25, -0.2) is 9.59 Å². The average Bonchev–Trinajstić information content (AvgIpc) is 2.60. The van der Waals surface area contributed by atoms with E-state index in [2.05, 4.69) is 9.98 Å². The summed E-state index contributed by atoms with van der Waals surface area (Å²) >= 11 is 0. The fourth-order valence-corrected chi connectivity index (χ4v) is 1.23. The second-order valence-electron chi connectivity index (χ2n) is 2.71. The summed E-state index contributed by atoms with van der Waals surface area (Å²) < 4.78 is 5.18. The highest BCUT2D eigenvalue weighted by Crippen LogP contribution is 2.27. The molecule has 1 aromatic heterocycles. The summed E-state index contributed by atoms with van der Waals surface area (Å²) in [6.07, 6.45) is 2.81. The van der Waals surface area contributed by atoms with E-state index < -0.39 is 0 Å². The SMILES string of the molecule is O=C=Nc1ccc2cc(N=C=O)oc2c1. The van der Waals surface area contributed by atoms with Gasteiger partial charge < -0.3 is 4.42 Å². The van der Waals surface area contributed by atoms with Crippen molar-refractivity contribution < 1.29 is 14.0 Å². The molecular formula is C10H4N2O3. The third-order valence-electron chi connectivity index (χ3n) is 1.82. The number of aliphatic imine (C=N–C) groups is 2. The van der Waals surface area contributed by atoms with E-state index in [1.807, 2.05) is 0 Å². The van der Waals surface area contributed by atoms with Crippen LogP contribution in [0.3, 0.4) is 0 Å². The molecule has 1 heterocycles. The minimum absolute atomic E-state index is 0.173. The molecule has 0 aliphatic heterocycles. The molecule has 0 fully saturated rings. The number of hydrogen-bond donors (Lipinski definition) is 0. The summed E-state index contributed by atoms with van der Waals surface area (Å²) in [7, 11) is 0. The molecule has 0 saturated heterocycles. The lowest BCUT2D eigenvalue weighted by Gasteiger charge is -1.88. The van der Waals surface area contributed by atoms with Crippen LogP contribution in [0.4, 0.5) is 11.6 Å². The van der Waals surface area contributed by atoms with Crippen LogP contribution in [0, 0.1) is 0 Å². The molecule has 5 heteroatoms. The van der Waals surface area contributed by atoms with Gasteiger partial charge in [-0.2, -0.15) is 4.99 Å². The van der Waals surface area contributed by atoms with Crippen molar-refractivity contribution in [3.63, 3.8) is 0 Å². The summed E-state index contributed by atoms with van der Waals surface area (Å²) in [4.78, 5) is 26.8. The summed E-state index contributed by atoms with van der Waals surface area (Å²) in [5, 5.41) is 0.772. The molecule has 0 N–H and O–H groups in total. The van der Waals surface area contributed by atoms with Crippen LogP contribution in [0.5, 0.6) is 0 Å². The van der Waals surface area contributed by atoms with Gasteiger partial charge in [0.1, 0.15) is 5.58 Å². The van der Waals surface area contributed by atoms with Crippen molar-refractivity contribution in [2.24, 2.45) is 9.98 Å².